The van der Waals surface area contributed by atoms with Gasteiger partial charge in [-0.2, -0.15) is 0 Å². The predicted octanol–water partition coefficient (Wildman–Crippen LogP) is 3.38. The molecule has 0 saturated heterocycles. The molecule has 0 aliphatic carbocycles. The van der Waals surface area contributed by atoms with Gasteiger partial charge in [-0.05, 0) is 35.8 Å². The lowest BCUT2D eigenvalue weighted by molar-refractivity contribution is 0.173. The molecule has 0 aliphatic rings. The van der Waals surface area contributed by atoms with Crippen molar-refractivity contribution in [3.8, 4) is 11.4 Å². The van der Waals surface area contributed by atoms with Crippen LogP contribution in [-0.2, 0) is 6.54 Å². The summed E-state index contributed by atoms with van der Waals surface area (Å²) in [7, 11) is 0. The molecule has 6 heteroatoms. The minimum Gasteiger partial charge on any atom is -0.396 e. The van der Waals surface area contributed by atoms with Crippen LogP contribution in [0.15, 0.2) is 46.3 Å². The van der Waals surface area contributed by atoms with Gasteiger partial charge in [0.2, 0.25) is 0 Å². The minimum absolute atomic E-state index is 0.112. The first-order valence-corrected chi connectivity index (χ1v) is 9.59. The minimum atomic E-state index is -0.150. The van der Waals surface area contributed by atoms with E-state index in [1.165, 1.54) is 0 Å². The maximum absolute atomic E-state index is 12.6. The van der Waals surface area contributed by atoms with Crippen LogP contribution in [0, 0.1) is 11.8 Å². The standard InChI is InChI=1S/C19H23N3O2S/c1-12(2)14(11-23)10-22-7-6-20-18(22)16-8-13-4-5-15(25-3)9-17(13)21-19(16)24/h4-9,12,14,23H,10-11H2,1-3H3,(H,21,24). The first kappa shape index (κ1) is 17.8. The maximum Gasteiger partial charge on any atom is 0.259 e. The van der Waals surface area contributed by atoms with Gasteiger partial charge in [0.1, 0.15) is 5.82 Å². The van der Waals surface area contributed by atoms with Crippen LogP contribution in [0.2, 0.25) is 0 Å². The van der Waals surface area contributed by atoms with E-state index in [4.69, 9.17) is 0 Å². The number of imidazole rings is 1. The number of aromatic amines is 1. The third-order valence-corrected chi connectivity index (χ3v) is 5.34. The second-order valence-electron chi connectivity index (χ2n) is 6.56. The van der Waals surface area contributed by atoms with E-state index >= 15 is 0 Å². The van der Waals surface area contributed by atoms with E-state index in [9.17, 15) is 9.90 Å². The highest BCUT2D eigenvalue weighted by Gasteiger charge is 2.17. The van der Waals surface area contributed by atoms with Gasteiger partial charge in [-0.15, -0.1) is 11.8 Å². The highest BCUT2D eigenvalue weighted by molar-refractivity contribution is 7.98. The lowest BCUT2D eigenvalue weighted by Crippen LogP contribution is -2.21. The molecule has 0 bridgehead atoms. The number of hydrogen-bond donors (Lipinski definition) is 2. The fraction of sp³-hybridized carbons (Fsp3) is 0.368. The highest BCUT2D eigenvalue weighted by Crippen LogP contribution is 2.24. The third-order valence-electron chi connectivity index (χ3n) is 4.62. The number of rotatable bonds is 6. The molecule has 0 radical (unpaired) electrons. The van der Waals surface area contributed by atoms with Crippen molar-refractivity contribution in [2.45, 2.75) is 25.3 Å². The van der Waals surface area contributed by atoms with E-state index in [-0.39, 0.29) is 18.1 Å². The van der Waals surface area contributed by atoms with Crippen molar-refractivity contribution in [3.05, 3.63) is 47.0 Å². The Morgan fingerprint density at radius 3 is 2.80 bits per heavy atom. The number of aliphatic hydroxyl groups is 1. The van der Waals surface area contributed by atoms with Crippen molar-refractivity contribution in [3.63, 3.8) is 0 Å². The molecule has 1 unspecified atom stereocenters. The van der Waals surface area contributed by atoms with Gasteiger partial charge in [0, 0.05) is 41.9 Å². The number of hydrogen-bond acceptors (Lipinski definition) is 4. The number of aliphatic hydroxyl groups excluding tert-OH is 1. The Kier molecular flexibility index (Phi) is 5.30. The number of fused-ring (bicyclic) bond motifs is 1. The molecule has 2 aromatic heterocycles. The second kappa shape index (κ2) is 7.45. The fourth-order valence-corrected chi connectivity index (χ4v) is 3.35. The summed E-state index contributed by atoms with van der Waals surface area (Å²) in [6.45, 7) is 4.92. The number of aromatic nitrogens is 3. The zero-order chi connectivity index (χ0) is 18.0. The summed E-state index contributed by atoms with van der Waals surface area (Å²) in [5.41, 5.74) is 1.23. The Hall–Kier alpha value is -2.05. The second-order valence-corrected chi connectivity index (χ2v) is 7.43. The van der Waals surface area contributed by atoms with Gasteiger partial charge in [-0.25, -0.2) is 4.98 Å². The number of thioether (sulfide) groups is 1. The molecule has 0 aliphatic heterocycles. The number of H-pyrrole nitrogens is 1. The molecule has 2 N–H and O–H groups in total. The average molecular weight is 357 g/mol. The third kappa shape index (κ3) is 3.65. The Labute approximate surface area is 151 Å². The van der Waals surface area contributed by atoms with Crippen LogP contribution in [0.3, 0.4) is 0 Å². The first-order chi connectivity index (χ1) is 12.0. The van der Waals surface area contributed by atoms with Crippen molar-refractivity contribution < 1.29 is 5.11 Å². The Morgan fingerprint density at radius 1 is 1.32 bits per heavy atom. The van der Waals surface area contributed by atoms with Gasteiger partial charge in [0.25, 0.3) is 5.56 Å². The molecule has 5 nitrogen and oxygen atoms in total. The normalized spacial score (nSPS) is 12.8. The van der Waals surface area contributed by atoms with Gasteiger partial charge in [0.05, 0.1) is 5.56 Å². The Bertz CT molecular complexity index is 930. The topological polar surface area (TPSA) is 70.9 Å². The monoisotopic (exact) mass is 357 g/mol. The molecular weight excluding hydrogens is 334 g/mol. The van der Waals surface area contributed by atoms with Crippen molar-refractivity contribution in [1.82, 2.24) is 14.5 Å². The zero-order valence-electron chi connectivity index (χ0n) is 14.7. The molecular formula is C19H23N3O2S. The molecule has 0 saturated carbocycles. The number of benzene rings is 1. The first-order valence-electron chi connectivity index (χ1n) is 8.37. The van der Waals surface area contributed by atoms with Gasteiger partial charge in [-0.1, -0.05) is 19.9 Å². The highest BCUT2D eigenvalue weighted by atomic mass is 32.2. The average Bonchev–Trinajstić information content (AvgIpc) is 3.06. The number of nitrogens with zero attached hydrogens (tertiary/aromatic N) is 2. The lowest BCUT2D eigenvalue weighted by atomic mass is 9.96. The van der Waals surface area contributed by atoms with Gasteiger partial charge in [-0.3, -0.25) is 4.79 Å². The molecule has 0 spiro atoms. The Balaban J connectivity index is 2.04. The largest absolute Gasteiger partial charge is 0.396 e. The molecule has 0 amide bonds. The molecule has 1 atom stereocenters. The van der Waals surface area contributed by atoms with E-state index in [1.807, 2.05) is 41.3 Å². The molecule has 1 aromatic carbocycles. The van der Waals surface area contributed by atoms with Crippen LogP contribution in [0.25, 0.3) is 22.3 Å². The van der Waals surface area contributed by atoms with Crippen LogP contribution in [-0.4, -0.2) is 32.5 Å². The quantitative estimate of drug-likeness (QED) is 0.664. The fourth-order valence-electron chi connectivity index (χ4n) is 2.91. The molecule has 0 fully saturated rings. The van der Waals surface area contributed by atoms with E-state index < -0.39 is 0 Å². The molecule has 3 rings (SSSR count). The smallest absolute Gasteiger partial charge is 0.259 e. The summed E-state index contributed by atoms with van der Waals surface area (Å²) in [5.74, 6) is 1.10. The van der Waals surface area contributed by atoms with Crippen molar-refractivity contribution in [2.75, 3.05) is 12.9 Å². The molecule has 25 heavy (non-hydrogen) atoms. The summed E-state index contributed by atoms with van der Waals surface area (Å²) < 4.78 is 1.95. The van der Waals surface area contributed by atoms with Crippen molar-refractivity contribution in [1.29, 1.82) is 0 Å². The molecule has 132 valence electrons. The molecule has 3 aromatic rings. The van der Waals surface area contributed by atoms with E-state index in [0.717, 1.165) is 15.8 Å². The predicted molar refractivity (Wildman–Crippen MR) is 103 cm³/mol. The van der Waals surface area contributed by atoms with E-state index in [1.54, 1.807) is 18.0 Å². The summed E-state index contributed by atoms with van der Waals surface area (Å²) in [6, 6.07) is 7.93. The van der Waals surface area contributed by atoms with Crippen LogP contribution in [0.1, 0.15) is 13.8 Å². The van der Waals surface area contributed by atoms with E-state index in [2.05, 4.69) is 23.8 Å². The zero-order valence-corrected chi connectivity index (χ0v) is 15.5. The number of nitrogens with one attached hydrogen (secondary N) is 1. The SMILES string of the molecule is CSc1ccc2cc(-c3nccn3CC(CO)C(C)C)c(=O)[nH]c2c1. The van der Waals surface area contributed by atoms with Crippen LogP contribution >= 0.6 is 11.8 Å². The summed E-state index contributed by atoms with van der Waals surface area (Å²) >= 11 is 1.64. The summed E-state index contributed by atoms with van der Waals surface area (Å²) in [6.07, 6.45) is 5.57. The van der Waals surface area contributed by atoms with Gasteiger partial charge >= 0.3 is 0 Å². The van der Waals surface area contributed by atoms with Crippen LogP contribution < -0.4 is 5.56 Å². The van der Waals surface area contributed by atoms with Crippen LogP contribution in [0.5, 0.6) is 0 Å². The van der Waals surface area contributed by atoms with Crippen molar-refractivity contribution >= 4 is 22.7 Å². The lowest BCUT2D eigenvalue weighted by Gasteiger charge is -2.20. The molecule has 2 heterocycles. The van der Waals surface area contributed by atoms with Crippen molar-refractivity contribution in [2.24, 2.45) is 11.8 Å². The number of pyridine rings is 1. The van der Waals surface area contributed by atoms with Crippen LogP contribution in [0.4, 0.5) is 0 Å². The maximum atomic E-state index is 12.6. The van der Waals surface area contributed by atoms with E-state index in [0.29, 0.717) is 23.9 Å². The Morgan fingerprint density at radius 2 is 2.12 bits per heavy atom. The summed E-state index contributed by atoms with van der Waals surface area (Å²) in [5, 5.41) is 10.6. The van der Waals surface area contributed by atoms with Gasteiger partial charge < -0.3 is 14.7 Å². The van der Waals surface area contributed by atoms with Gasteiger partial charge in [0.15, 0.2) is 0 Å². The summed E-state index contributed by atoms with van der Waals surface area (Å²) in [4.78, 5) is 21.1.